The number of hydrogen-bond acceptors (Lipinski definition) is 7. The van der Waals surface area contributed by atoms with Crippen molar-refractivity contribution in [3.8, 4) is 11.5 Å². The van der Waals surface area contributed by atoms with Crippen LogP contribution in [-0.2, 0) is 9.53 Å². The lowest BCUT2D eigenvalue weighted by Crippen LogP contribution is -2.10. The number of esters is 1. The fraction of sp³-hybridized carbons (Fsp3) is 0.143. The number of thioether (sulfide) groups is 1. The van der Waals surface area contributed by atoms with Crippen molar-refractivity contribution in [2.75, 3.05) is 21.3 Å². The molecule has 0 spiro atoms. The third-order valence-electron chi connectivity index (χ3n) is 3.94. The Bertz CT molecular complexity index is 957. The van der Waals surface area contributed by atoms with Crippen molar-refractivity contribution < 1.29 is 24.1 Å². The Morgan fingerprint density at radius 1 is 1.04 bits per heavy atom. The van der Waals surface area contributed by atoms with E-state index in [0.29, 0.717) is 27.1 Å². The van der Waals surface area contributed by atoms with E-state index in [-0.39, 0.29) is 11.3 Å². The van der Waals surface area contributed by atoms with Gasteiger partial charge < -0.3 is 19.3 Å². The highest BCUT2D eigenvalue weighted by molar-refractivity contribution is 8.18. The van der Waals surface area contributed by atoms with Gasteiger partial charge in [0.25, 0.3) is 0 Å². The molecule has 6 nitrogen and oxygen atoms in total. The SMILES string of the molecule is COC(=O)C1=C(O)/C(=C\c2cc(OC)cc(OC)c2)SC1=Nc1ccccc1. The average molecular weight is 397 g/mol. The van der Waals surface area contributed by atoms with E-state index in [1.807, 2.05) is 30.3 Å². The van der Waals surface area contributed by atoms with Crippen LogP contribution in [0.5, 0.6) is 11.5 Å². The number of nitrogens with zero attached hydrogens (tertiary/aromatic N) is 1. The van der Waals surface area contributed by atoms with Gasteiger partial charge in [-0.1, -0.05) is 30.0 Å². The van der Waals surface area contributed by atoms with Crippen LogP contribution in [0, 0.1) is 0 Å². The van der Waals surface area contributed by atoms with Gasteiger partial charge in [-0.3, -0.25) is 0 Å². The summed E-state index contributed by atoms with van der Waals surface area (Å²) >= 11 is 1.19. The lowest BCUT2D eigenvalue weighted by atomic mass is 10.1. The number of carbonyl (C=O) groups excluding carboxylic acids is 1. The molecule has 7 heteroatoms. The number of aliphatic imine (C=N–C) groups is 1. The molecule has 28 heavy (non-hydrogen) atoms. The molecule has 0 saturated carbocycles. The molecule has 0 bridgehead atoms. The van der Waals surface area contributed by atoms with Crippen LogP contribution < -0.4 is 9.47 Å². The maximum Gasteiger partial charge on any atom is 0.344 e. The third kappa shape index (κ3) is 4.20. The zero-order valence-corrected chi connectivity index (χ0v) is 16.4. The molecule has 0 saturated heterocycles. The van der Waals surface area contributed by atoms with Gasteiger partial charge in [0, 0.05) is 6.07 Å². The number of rotatable bonds is 5. The van der Waals surface area contributed by atoms with Gasteiger partial charge in [0.2, 0.25) is 0 Å². The number of hydrogen-bond donors (Lipinski definition) is 1. The van der Waals surface area contributed by atoms with Gasteiger partial charge >= 0.3 is 5.97 Å². The Morgan fingerprint density at radius 3 is 2.25 bits per heavy atom. The quantitative estimate of drug-likeness (QED) is 0.748. The largest absolute Gasteiger partial charge is 0.506 e. The Labute approximate surface area is 167 Å². The van der Waals surface area contributed by atoms with E-state index in [1.54, 1.807) is 38.5 Å². The van der Waals surface area contributed by atoms with Gasteiger partial charge in [0.05, 0.1) is 31.9 Å². The number of benzene rings is 2. The fourth-order valence-corrected chi connectivity index (χ4v) is 3.61. The van der Waals surface area contributed by atoms with Gasteiger partial charge in [0.1, 0.15) is 27.9 Å². The Balaban J connectivity index is 2.06. The number of ether oxygens (including phenoxy) is 3. The predicted octanol–water partition coefficient (Wildman–Crippen LogP) is 4.51. The Kier molecular flexibility index (Phi) is 6.06. The van der Waals surface area contributed by atoms with Crippen molar-refractivity contribution in [1.82, 2.24) is 0 Å². The first-order chi connectivity index (χ1) is 13.5. The molecule has 2 aromatic carbocycles. The summed E-state index contributed by atoms with van der Waals surface area (Å²) < 4.78 is 15.4. The van der Waals surface area contributed by atoms with Gasteiger partial charge in [-0.15, -0.1) is 0 Å². The first-order valence-corrected chi connectivity index (χ1v) is 9.16. The molecule has 0 atom stereocenters. The van der Waals surface area contributed by atoms with Crippen molar-refractivity contribution in [3.05, 3.63) is 70.3 Å². The first kappa shape index (κ1) is 19.6. The second-order valence-electron chi connectivity index (χ2n) is 5.72. The zero-order chi connectivity index (χ0) is 20.1. The summed E-state index contributed by atoms with van der Waals surface area (Å²) in [6.07, 6.45) is 1.74. The van der Waals surface area contributed by atoms with Gasteiger partial charge in [0.15, 0.2) is 0 Å². The second kappa shape index (κ2) is 8.67. The molecule has 0 radical (unpaired) electrons. The molecule has 0 fully saturated rings. The highest BCUT2D eigenvalue weighted by Gasteiger charge is 2.33. The molecule has 144 valence electrons. The standard InChI is InChI=1S/C21H19NO5S/c1-25-15-9-13(10-16(12-15)26-2)11-17-19(23)18(21(24)27-3)20(28-17)22-14-7-5-4-6-8-14/h4-12,23H,1-3H3/b17-11+,22-20?. The van der Waals surface area contributed by atoms with E-state index in [9.17, 15) is 9.90 Å². The van der Waals surface area contributed by atoms with Crippen molar-refractivity contribution in [2.24, 2.45) is 4.99 Å². The molecule has 1 aliphatic rings. The van der Waals surface area contributed by atoms with Crippen LogP contribution in [0.25, 0.3) is 6.08 Å². The zero-order valence-electron chi connectivity index (χ0n) is 15.6. The molecule has 2 aromatic rings. The minimum absolute atomic E-state index is 0.0393. The van der Waals surface area contributed by atoms with Gasteiger partial charge in [-0.25, -0.2) is 9.79 Å². The van der Waals surface area contributed by atoms with Crippen molar-refractivity contribution in [1.29, 1.82) is 0 Å². The summed E-state index contributed by atoms with van der Waals surface area (Å²) in [5.74, 6) is 0.410. The minimum Gasteiger partial charge on any atom is -0.506 e. The van der Waals surface area contributed by atoms with Crippen LogP contribution in [0.3, 0.4) is 0 Å². The van der Waals surface area contributed by atoms with Crippen LogP contribution >= 0.6 is 11.8 Å². The summed E-state index contributed by atoms with van der Waals surface area (Å²) in [5, 5.41) is 11.0. The summed E-state index contributed by atoms with van der Waals surface area (Å²) in [6.45, 7) is 0. The van der Waals surface area contributed by atoms with Crippen LogP contribution in [0.15, 0.2) is 69.8 Å². The predicted molar refractivity (Wildman–Crippen MR) is 110 cm³/mol. The molecule has 0 aliphatic carbocycles. The molecule has 0 aromatic heterocycles. The number of methoxy groups -OCH3 is 3. The van der Waals surface area contributed by atoms with Crippen molar-refractivity contribution in [3.63, 3.8) is 0 Å². The number of carbonyl (C=O) groups is 1. The topological polar surface area (TPSA) is 77.4 Å². The summed E-state index contributed by atoms with van der Waals surface area (Å²) in [4.78, 5) is 17.2. The van der Waals surface area contributed by atoms with Gasteiger partial charge in [-0.2, -0.15) is 0 Å². The molecule has 1 N–H and O–H groups in total. The average Bonchev–Trinajstić information content (AvgIpc) is 3.02. The van der Waals surface area contributed by atoms with Crippen molar-refractivity contribution in [2.45, 2.75) is 0 Å². The van der Waals surface area contributed by atoms with E-state index in [0.717, 1.165) is 5.56 Å². The smallest absolute Gasteiger partial charge is 0.344 e. The van der Waals surface area contributed by atoms with E-state index in [4.69, 9.17) is 14.2 Å². The van der Waals surface area contributed by atoms with E-state index in [2.05, 4.69) is 4.99 Å². The van der Waals surface area contributed by atoms with E-state index < -0.39 is 5.97 Å². The molecule has 0 amide bonds. The highest BCUT2D eigenvalue weighted by Crippen LogP contribution is 2.40. The molecule has 3 rings (SSSR count). The third-order valence-corrected chi connectivity index (χ3v) is 4.96. The number of aliphatic hydroxyl groups is 1. The Morgan fingerprint density at radius 2 is 1.68 bits per heavy atom. The first-order valence-electron chi connectivity index (χ1n) is 8.34. The lowest BCUT2D eigenvalue weighted by molar-refractivity contribution is -0.135. The normalized spacial score (nSPS) is 16.5. The van der Waals surface area contributed by atoms with Crippen LogP contribution in [-0.4, -0.2) is 37.4 Å². The van der Waals surface area contributed by atoms with E-state index in [1.165, 1.54) is 18.9 Å². The van der Waals surface area contributed by atoms with Gasteiger partial charge in [-0.05, 0) is 35.9 Å². The minimum atomic E-state index is -0.647. The van der Waals surface area contributed by atoms with Crippen molar-refractivity contribution >= 4 is 34.5 Å². The van der Waals surface area contributed by atoms with E-state index >= 15 is 0 Å². The molecular weight excluding hydrogens is 378 g/mol. The fourth-order valence-electron chi connectivity index (χ4n) is 2.57. The summed E-state index contributed by atoms with van der Waals surface area (Å²) in [5.41, 5.74) is 1.45. The number of aliphatic hydroxyl groups excluding tert-OH is 1. The molecular formula is C21H19NO5S. The molecule has 1 aliphatic heterocycles. The number of para-hydroxylation sites is 1. The monoisotopic (exact) mass is 397 g/mol. The van der Waals surface area contributed by atoms with Crippen LogP contribution in [0.2, 0.25) is 0 Å². The molecule has 1 heterocycles. The maximum atomic E-state index is 12.2. The summed E-state index contributed by atoms with van der Waals surface area (Å²) in [6, 6.07) is 14.5. The highest BCUT2D eigenvalue weighted by atomic mass is 32.2. The van der Waals surface area contributed by atoms with Crippen LogP contribution in [0.1, 0.15) is 5.56 Å². The maximum absolute atomic E-state index is 12.2. The lowest BCUT2D eigenvalue weighted by Gasteiger charge is -2.06. The second-order valence-corrected chi connectivity index (χ2v) is 6.75. The molecule has 0 unspecified atom stereocenters. The summed E-state index contributed by atoms with van der Waals surface area (Å²) in [7, 11) is 4.39. The van der Waals surface area contributed by atoms with Crippen LogP contribution in [0.4, 0.5) is 5.69 Å². The Hall–Kier alpha value is -3.19.